The number of nitrogens with zero attached hydrogens (tertiary/aromatic N) is 6. The molecular formula is C30H33N7O2S2. The van der Waals surface area contributed by atoms with Crippen molar-refractivity contribution in [3.05, 3.63) is 43.8 Å². The second kappa shape index (κ2) is 10.2. The van der Waals surface area contributed by atoms with E-state index in [1.807, 2.05) is 18.4 Å². The van der Waals surface area contributed by atoms with Crippen molar-refractivity contribution in [3.63, 3.8) is 0 Å². The number of hydrogen-bond donors (Lipinski definition) is 1. The van der Waals surface area contributed by atoms with E-state index in [0.29, 0.717) is 39.7 Å². The maximum atomic E-state index is 10.0. The van der Waals surface area contributed by atoms with Crippen molar-refractivity contribution in [2.45, 2.75) is 82.8 Å². The summed E-state index contributed by atoms with van der Waals surface area (Å²) in [5.41, 5.74) is 10.8. The Morgan fingerprint density at radius 2 is 2.02 bits per heavy atom. The summed E-state index contributed by atoms with van der Waals surface area (Å²) in [6, 6.07) is 4.62. The van der Waals surface area contributed by atoms with E-state index in [4.69, 9.17) is 29.9 Å². The second-order valence-electron chi connectivity index (χ2n) is 11.6. The van der Waals surface area contributed by atoms with Gasteiger partial charge in [0.2, 0.25) is 5.88 Å². The fourth-order valence-corrected chi connectivity index (χ4v) is 8.99. The van der Waals surface area contributed by atoms with Crippen molar-refractivity contribution in [2.75, 3.05) is 19.3 Å². The molecule has 4 aromatic rings. The lowest BCUT2D eigenvalue weighted by Crippen LogP contribution is -2.38. The number of nitriles is 1. The summed E-state index contributed by atoms with van der Waals surface area (Å²) in [6.45, 7) is 5.18. The molecule has 41 heavy (non-hydrogen) atoms. The molecule has 0 radical (unpaired) electrons. The van der Waals surface area contributed by atoms with Crippen molar-refractivity contribution < 1.29 is 9.26 Å². The highest BCUT2D eigenvalue weighted by Gasteiger charge is 2.48. The van der Waals surface area contributed by atoms with Gasteiger partial charge in [-0.25, -0.2) is 9.97 Å². The fourth-order valence-electron chi connectivity index (χ4n) is 7.22. The number of anilines is 1. The number of nitrogen functional groups attached to an aromatic ring is 1. The zero-order chi connectivity index (χ0) is 28.3. The Balaban J connectivity index is 1.33. The molecular weight excluding hydrogens is 555 g/mol. The van der Waals surface area contributed by atoms with Crippen molar-refractivity contribution in [2.24, 2.45) is 0 Å². The third-order valence-corrected chi connectivity index (χ3v) is 10.9. The van der Waals surface area contributed by atoms with Crippen LogP contribution in [-0.4, -0.2) is 50.7 Å². The zero-order valence-electron chi connectivity index (χ0n) is 23.6. The van der Waals surface area contributed by atoms with Crippen LogP contribution in [0.15, 0.2) is 16.0 Å². The molecule has 9 nitrogen and oxygen atoms in total. The first kappa shape index (κ1) is 26.6. The quantitative estimate of drug-likeness (QED) is 0.304. The lowest BCUT2D eigenvalue weighted by atomic mass is 9.63. The molecule has 0 saturated carbocycles. The van der Waals surface area contributed by atoms with Crippen LogP contribution in [0, 0.1) is 18.3 Å². The predicted molar refractivity (Wildman–Crippen MR) is 159 cm³/mol. The molecule has 1 aliphatic heterocycles. The highest BCUT2D eigenvalue weighted by molar-refractivity contribution is 7.16. The Labute approximate surface area is 247 Å². The molecule has 4 aromatic heterocycles. The molecule has 1 spiro atoms. The lowest BCUT2D eigenvalue weighted by Gasteiger charge is -2.39. The molecule has 5 heterocycles. The van der Waals surface area contributed by atoms with Crippen molar-refractivity contribution in [1.82, 2.24) is 25.0 Å². The number of thiophene rings is 1. The normalized spacial score (nSPS) is 22.8. The van der Waals surface area contributed by atoms with Gasteiger partial charge in [0.15, 0.2) is 17.3 Å². The van der Waals surface area contributed by atoms with Gasteiger partial charge >= 0.3 is 0 Å². The van der Waals surface area contributed by atoms with Gasteiger partial charge in [0.25, 0.3) is 0 Å². The highest BCUT2D eigenvalue weighted by atomic mass is 32.1. The number of hydrogen-bond acceptors (Lipinski definition) is 11. The van der Waals surface area contributed by atoms with Crippen LogP contribution in [0.4, 0.5) is 5.00 Å². The average Bonchev–Trinajstić information content (AvgIpc) is 3.75. The standard InChI is InChI=1S/C30H33N7O2S2/c1-16(22-8-6-12-37(22)3)38-24-13-20(21-15-40-17(2)33-21)34-29(35-24)26-18-7-4-10-30(27(18)39-36-26)11-5-9-23-25(30)19(14-31)28(32)41-23/h13,15-16,22H,4-12,32H2,1-3H3/t16-,22-,30-/m0/s1. The Bertz CT molecular complexity index is 1660. The fraction of sp³-hybridized carbons (Fsp3) is 0.500. The van der Waals surface area contributed by atoms with Crippen LogP contribution in [0.3, 0.4) is 0 Å². The monoisotopic (exact) mass is 587 g/mol. The van der Waals surface area contributed by atoms with Crippen LogP contribution in [0.2, 0.25) is 0 Å². The number of thiazole rings is 1. The van der Waals surface area contributed by atoms with Gasteiger partial charge in [0.1, 0.15) is 22.9 Å². The van der Waals surface area contributed by atoms with Gasteiger partial charge in [-0.05, 0) is 84.4 Å². The maximum Gasteiger partial charge on any atom is 0.217 e. The summed E-state index contributed by atoms with van der Waals surface area (Å²) in [6.07, 6.45) is 7.80. The van der Waals surface area contributed by atoms with Gasteiger partial charge in [-0.1, -0.05) is 5.16 Å². The Morgan fingerprint density at radius 1 is 1.20 bits per heavy atom. The Kier molecular flexibility index (Phi) is 6.60. The number of fused-ring (bicyclic) bond motifs is 4. The molecule has 0 amide bonds. The van der Waals surface area contributed by atoms with Crippen LogP contribution < -0.4 is 10.5 Å². The third kappa shape index (κ3) is 4.35. The van der Waals surface area contributed by atoms with Gasteiger partial charge in [-0.3, -0.25) is 4.90 Å². The average molecular weight is 588 g/mol. The molecule has 2 aliphatic carbocycles. The molecule has 0 aromatic carbocycles. The van der Waals surface area contributed by atoms with E-state index in [-0.39, 0.29) is 6.10 Å². The van der Waals surface area contributed by atoms with Crippen molar-refractivity contribution in [1.29, 1.82) is 5.26 Å². The lowest BCUT2D eigenvalue weighted by molar-refractivity contribution is 0.117. The van der Waals surface area contributed by atoms with Gasteiger partial charge < -0.3 is 15.0 Å². The molecule has 2 N–H and O–H groups in total. The molecule has 7 rings (SSSR count). The largest absolute Gasteiger partial charge is 0.473 e. The summed E-state index contributed by atoms with van der Waals surface area (Å²) in [7, 11) is 2.15. The first-order chi connectivity index (χ1) is 19.9. The van der Waals surface area contributed by atoms with E-state index >= 15 is 0 Å². The number of ether oxygens (including phenoxy) is 1. The number of nitrogens with two attached hydrogens (primary N) is 1. The van der Waals surface area contributed by atoms with Crippen LogP contribution in [-0.2, 0) is 18.3 Å². The molecule has 1 saturated heterocycles. The summed E-state index contributed by atoms with van der Waals surface area (Å²) in [5, 5.41) is 18.2. The van der Waals surface area contributed by atoms with Crippen molar-refractivity contribution in [3.8, 4) is 34.9 Å². The molecule has 0 unspecified atom stereocenters. The number of aryl methyl sites for hydroxylation is 2. The minimum Gasteiger partial charge on any atom is -0.473 e. The zero-order valence-corrected chi connectivity index (χ0v) is 25.2. The number of likely N-dealkylation sites (tertiary alicyclic amines) is 1. The van der Waals surface area contributed by atoms with E-state index in [2.05, 4.69) is 30.1 Å². The third-order valence-electron chi connectivity index (χ3n) is 9.08. The van der Waals surface area contributed by atoms with Gasteiger partial charge in [0.05, 0.1) is 21.7 Å². The predicted octanol–water partition coefficient (Wildman–Crippen LogP) is 5.90. The molecule has 0 bridgehead atoms. The van der Waals surface area contributed by atoms with Crippen LogP contribution in [0.25, 0.3) is 22.9 Å². The first-order valence-electron chi connectivity index (χ1n) is 14.4. The van der Waals surface area contributed by atoms with E-state index < -0.39 is 5.41 Å². The molecule has 11 heteroatoms. The van der Waals surface area contributed by atoms with E-state index in [9.17, 15) is 5.26 Å². The topological polar surface area (TPSA) is 127 Å². The number of likely N-dealkylation sites (N-methyl/N-ethyl adjacent to an activating group) is 1. The Hall–Kier alpha value is -3.33. The highest BCUT2D eigenvalue weighted by Crippen LogP contribution is 2.55. The minimum atomic E-state index is -0.393. The van der Waals surface area contributed by atoms with E-state index in [1.165, 1.54) is 11.3 Å². The van der Waals surface area contributed by atoms with Gasteiger partial charge in [-0.2, -0.15) is 10.2 Å². The van der Waals surface area contributed by atoms with Crippen LogP contribution >= 0.6 is 22.7 Å². The number of rotatable bonds is 5. The molecule has 3 atom stereocenters. The maximum absolute atomic E-state index is 10.0. The summed E-state index contributed by atoms with van der Waals surface area (Å²) < 4.78 is 12.7. The summed E-state index contributed by atoms with van der Waals surface area (Å²) in [5.74, 6) is 1.84. The van der Waals surface area contributed by atoms with Gasteiger partial charge in [-0.15, -0.1) is 22.7 Å². The SMILES string of the molecule is Cc1nc(-c2cc(O[C@@H](C)[C@@H]3CCCN3C)nc(-c3noc4c3CCC[C@@]43CCCc4sc(N)c(C#N)c43)n2)cs1. The Morgan fingerprint density at radius 3 is 2.76 bits per heavy atom. The summed E-state index contributed by atoms with van der Waals surface area (Å²) in [4.78, 5) is 18.1. The smallest absolute Gasteiger partial charge is 0.217 e. The van der Waals surface area contributed by atoms with E-state index in [0.717, 1.165) is 79.1 Å². The van der Waals surface area contributed by atoms with Crippen LogP contribution in [0.1, 0.15) is 77.8 Å². The van der Waals surface area contributed by atoms with E-state index in [1.54, 1.807) is 22.7 Å². The minimum absolute atomic E-state index is 0.0288. The first-order valence-corrected chi connectivity index (χ1v) is 16.1. The summed E-state index contributed by atoms with van der Waals surface area (Å²) >= 11 is 3.14. The molecule has 1 fully saturated rings. The molecule has 3 aliphatic rings. The number of aromatic nitrogens is 4. The molecule has 212 valence electrons. The van der Waals surface area contributed by atoms with Crippen molar-refractivity contribution >= 4 is 27.7 Å². The van der Waals surface area contributed by atoms with Gasteiger partial charge in [0, 0.05) is 27.9 Å². The van der Waals surface area contributed by atoms with Crippen LogP contribution in [0.5, 0.6) is 5.88 Å². The second-order valence-corrected chi connectivity index (χ2v) is 13.8.